The Bertz CT molecular complexity index is 1250. The quantitative estimate of drug-likeness (QED) is 0.387. The number of carbonyl (C=O) groups excluding carboxylic acids is 1. The van der Waals surface area contributed by atoms with Crippen molar-refractivity contribution in [3.63, 3.8) is 0 Å². The number of ether oxygens (including phenoxy) is 2. The van der Waals surface area contributed by atoms with Crippen LogP contribution >= 0.6 is 0 Å². The van der Waals surface area contributed by atoms with Crippen LogP contribution in [0.15, 0.2) is 48.5 Å². The lowest BCUT2D eigenvalue weighted by Gasteiger charge is -2.36. The summed E-state index contributed by atoms with van der Waals surface area (Å²) in [5.41, 5.74) is 2.64. The molecule has 2 N–H and O–H groups in total. The van der Waals surface area contributed by atoms with E-state index in [1.54, 1.807) is 12.0 Å². The number of rotatable bonds is 8. The van der Waals surface area contributed by atoms with Crippen molar-refractivity contribution in [3.8, 4) is 5.75 Å². The fraction of sp³-hybridized carbons (Fsp3) is 0.600. The van der Waals surface area contributed by atoms with Crippen molar-refractivity contribution in [2.75, 3.05) is 13.7 Å². The van der Waals surface area contributed by atoms with Crippen LogP contribution in [0.2, 0.25) is 0 Å². The normalized spacial score (nSPS) is 26.6. The number of hydrogen-bond donors (Lipinski definition) is 2. The average molecular weight is 579 g/mol. The number of nitrogens with zero attached hydrogens (tertiary/aromatic N) is 1. The zero-order valence-corrected chi connectivity index (χ0v) is 26.8. The number of benzene rings is 2. The fourth-order valence-electron chi connectivity index (χ4n) is 7.03. The van der Waals surface area contributed by atoms with E-state index in [1.807, 2.05) is 36.4 Å². The van der Waals surface area contributed by atoms with Crippen LogP contribution in [0.1, 0.15) is 84.5 Å². The SMILES string of the molecule is COc1ccc(C(C)(C)C)cc1CN[C@H]1[C@H](C(C)(C)C)[C@@H](C(=O)O)N(C(=O)[C@@H]2OCC[C@@H]2C(C)C)[C@H]1c1ccccc1. The smallest absolute Gasteiger partial charge is 0.326 e. The molecule has 2 aromatic rings. The van der Waals surface area contributed by atoms with E-state index in [4.69, 9.17) is 9.47 Å². The van der Waals surface area contributed by atoms with Gasteiger partial charge in [-0.1, -0.05) is 97.9 Å². The Morgan fingerprint density at radius 2 is 1.74 bits per heavy atom. The first-order valence-electron chi connectivity index (χ1n) is 15.3. The van der Waals surface area contributed by atoms with Crippen molar-refractivity contribution in [3.05, 3.63) is 65.2 Å². The van der Waals surface area contributed by atoms with Gasteiger partial charge in [0.2, 0.25) is 0 Å². The molecule has 0 bridgehead atoms. The number of aliphatic carboxylic acids is 1. The first-order chi connectivity index (χ1) is 19.7. The summed E-state index contributed by atoms with van der Waals surface area (Å²) in [6.45, 7) is 17.9. The maximum atomic E-state index is 14.5. The Morgan fingerprint density at radius 3 is 2.29 bits per heavy atom. The number of carboxylic acid groups (broad SMARTS) is 1. The highest BCUT2D eigenvalue weighted by Crippen LogP contribution is 2.49. The van der Waals surface area contributed by atoms with Crippen LogP contribution in [0.25, 0.3) is 0 Å². The predicted octanol–water partition coefficient (Wildman–Crippen LogP) is 6.21. The second-order valence-electron chi connectivity index (χ2n) is 14.4. The average Bonchev–Trinajstić information content (AvgIpc) is 3.55. The van der Waals surface area contributed by atoms with Gasteiger partial charge in [0.1, 0.15) is 17.9 Å². The Labute approximate surface area is 252 Å². The highest BCUT2D eigenvalue weighted by atomic mass is 16.5. The molecule has 2 saturated heterocycles. The van der Waals surface area contributed by atoms with Crippen LogP contribution in [0.5, 0.6) is 5.75 Å². The lowest BCUT2D eigenvalue weighted by Crippen LogP contribution is -2.51. The zero-order valence-electron chi connectivity index (χ0n) is 26.8. The van der Waals surface area contributed by atoms with Crippen LogP contribution < -0.4 is 10.1 Å². The molecule has 0 aliphatic carbocycles. The largest absolute Gasteiger partial charge is 0.496 e. The molecule has 2 aliphatic rings. The number of likely N-dealkylation sites (tertiary alicyclic amines) is 1. The topological polar surface area (TPSA) is 88.1 Å². The van der Waals surface area contributed by atoms with Crippen molar-refractivity contribution in [2.24, 2.45) is 23.2 Å². The molecule has 7 heteroatoms. The number of nitrogens with one attached hydrogen (secondary N) is 1. The summed E-state index contributed by atoms with van der Waals surface area (Å²) in [6, 6.07) is 14.3. The third kappa shape index (κ3) is 6.37. The summed E-state index contributed by atoms with van der Waals surface area (Å²) in [5, 5.41) is 14.6. The van der Waals surface area contributed by atoms with Gasteiger partial charge in [0.05, 0.1) is 13.2 Å². The van der Waals surface area contributed by atoms with E-state index < -0.39 is 29.6 Å². The second kappa shape index (κ2) is 12.4. The van der Waals surface area contributed by atoms with E-state index >= 15 is 0 Å². The highest BCUT2D eigenvalue weighted by Gasteiger charge is 2.59. The predicted molar refractivity (Wildman–Crippen MR) is 165 cm³/mol. The summed E-state index contributed by atoms with van der Waals surface area (Å²) in [7, 11) is 1.67. The lowest BCUT2D eigenvalue weighted by molar-refractivity contribution is -0.158. The van der Waals surface area contributed by atoms with Crippen molar-refractivity contribution in [2.45, 2.75) is 98.0 Å². The molecule has 4 rings (SSSR count). The Balaban J connectivity index is 1.83. The van der Waals surface area contributed by atoms with E-state index in [0.717, 1.165) is 23.3 Å². The zero-order chi connectivity index (χ0) is 31.0. The third-order valence-corrected chi connectivity index (χ3v) is 9.23. The molecule has 0 spiro atoms. The highest BCUT2D eigenvalue weighted by molar-refractivity contribution is 5.88. The standard InChI is InChI=1S/C35H50N2O5/c1-21(2)25-17-18-42-31(25)32(38)37-29(22-13-11-10-12-14-22)28(27(35(6,7)8)30(37)33(39)40)36-20-23-19-24(34(3,4)5)15-16-26(23)41-9/h10-16,19,21,25,27-31,36H,17-18,20H2,1-9H3,(H,39,40)/t25-,27+,28+,29+,30+,31-/m1/s1. The van der Waals surface area contributed by atoms with E-state index in [2.05, 4.69) is 72.8 Å². The molecule has 0 aromatic heterocycles. The van der Waals surface area contributed by atoms with Gasteiger partial charge >= 0.3 is 5.97 Å². The maximum Gasteiger partial charge on any atom is 0.326 e. The Hall–Kier alpha value is -2.90. The minimum absolute atomic E-state index is 0.0409. The lowest BCUT2D eigenvalue weighted by atomic mass is 9.72. The van der Waals surface area contributed by atoms with Gasteiger partial charge in [0.25, 0.3) is 5.91 Å². The molecule has 230 valence electrons. The molecule has 2 aromatic carbocycles. The molecule has 0 saturated carbocycles. The van der Waals surface area contributed by atoms with E-state index in [0.29, 0.717) is 13.2 Å². The summed E-state index contributed by atoms with van der Waals surface area (Å²) in [4.78, 5) is 29.3. The molecular formula is C35H50N2O5. The summed E-state index contributed by atoms with van der Waals surface area (Å²) >= 11 is 0. The first kappa shape index (κ1) is 32.0. The van der Waals surface area contributed by atoms with Gasteiger partial charge in [-0.15, -0.1) is 0 Å². The molecule has 7 nitrogen and oxygen atoms in total. The van der Waals surface area contributed by atoms with Crippen LogP contribution in [0, 0.1) is 23.2 Å². The summed E-state index contributed by atoms with van der Waals surface area (Å²) in [6.07, 6.45) is 0.144. The van der Waals surface area contributed by atoms with E-state index in [-0.39, 0.29) is 35.1 Å². The van der Waals surface area contributed by atoms with Crippen molar-refractivity contribution in [1.29, 1.82) is 0 Å². The first-order valence-corrected chi connectivity index (χ1v) is 15.3. The Kier molecular flexibility index (Phi) is 9.43. The minimum atomic E-state index is -1.01. The van der Waals surface area contributed by atoms with Crippen molar-refractivity contribution < 1.29 is 24.2 Å². The number of hydrogen-bond acceptors (Lipinski definition) is 5. The van der Waals surface area contributed by atoms with Crippen LogP contribution in [-0.4, -0.2) is 53.8 Å². The minimum Gasteiger partial charge on any atom is -0.496 e. The number of carboxylic acids is 1. The Morgan fingerprint density at radius 1 is 1.07 bits per heavy atom. The molecule has 0 unspecified atom stereocenters. The fourth-order valence-corrected chi connectivity index (χ4v) is 7.03. The van der Waals surface area contributed by atoms with E-state index in [9.17, 15) is 14.7 Å². The van der Waals surface area contributed by atoms with Crippen LogP contribution in [0.4, 0.5) is 0 Å². The maximum absolute atomic E-state index is 14.5. The van der Waals surface area contributed by atoms with Crippen LogP contribution in [0.3, 0.4) is 0 Å². The molecule has 2 fully saturated rings. The molecular weight excluding hydrogens is 528 g/mol. The van der Waals surface area contributed by atoms with Gasteiger partial charge in [0, 0.05) is 30.7 Å². The molecule has 6 atom stereocenters. The molecule has 42 heavy (non-hydrogen) atoms. The van der Waals surface area contributed by atoms with Gasteiger partial charge in [-0.2, -0.15) is 0 Å². The number of methoxy groups -OCH3 is 1. The molecule has 1 amide bonds. The second-order valence-corrected chi connectivity index (χ2v) is 14.4. The molecule has 2 heterocycles. The number of amides is 1. The van der Waals surface area contributed by atoms with Crippen molar-refractivity contribution in [1.82, 2.24) is 10.2 Å². The summed E-state index contributed by atoms with van der Waals surface area (Å²) in [5.74, 6) is -0.512. The van der Waals surface area contributed by atoms with Crippen LogP contribution in [-0.2, 0) is 26.3 Å². The third-order valence-electron chi connectivity index (χ3n) is 9.23. The van der Waals surface area contributed by atoms with Gasteiger partial charge < -0.3 is 24.8 Å². The monoisotopic (exact) mass is 578 g/mol. The van der Waals surface area contributed by atoms with Gasteiger partial charge in [-0.25, -0.2) is 4.79 Å². The summed E-state index contributed by atoms with van der Waals surface area (Å²) < 4.78 is 11.8. The molecule has 2 aliphatic heterocycles. The van der Waals surface area contributed by atoms with Crippen molar-refractivity contribution >= 4 is 11.9 Å². The van der Waals surface area contributed by atoms with E-state index in [1.165, 1.54) is 5.56 Å². The van der Waals surface area contributed by atoms with Gasteiger partial charge in [-0.3, -0.25) is 4.79 Å². The van der Waals surface area contributed by atoms with Gasteiger partial charge in [-0.05, 0) is 46.3 Å². The van der Waals surface area contributed by atoms with Gasteiger partial charge in [0.15, 0.2) is 0 Å². The molecule has 0 radical (unpaired) electrons. The number of carbonyl (C=O) groups is 2.